The van der Waals surface area contributed by atoms with Crippen LogP contribution < -0.4 is 0 Å². The summed E-state index contributed by atoms with van der Waals surface area (Å²) < 4.78 is 3.11. The van der Waals surface area contributed by atoms with Gasteiger partial charge in [0.2, 0.25) is 0 Å². The van der Waals surface area contributed by atoms with Gasteiger partial charge in [-0.15, -0.1) is 0 Å². The lowest BCUT2D eigenvalue weighted by atomic mass is 9.91. The van der Waals surface area contributed by atoms with Crippen LogP contribution in [0.5, 0.6) is 0 Å². The molecule has 4 nitrogen and oxygen atoms in total. The summed E-state index contributed by atoms with van der Waals surface area (Å²) in [6.07, 6.45) is 0. The minimum Gasteiger partial charge on any atom is -0.248 e. The standard InChI is InChI=1S/C62H37Br3N4/c63-49-26-21-40(22-27-49)48-35-58(66-59(36-48)47-10-6-9-45(33-47)46-25-31-54-52-11-4-5-12-53(52)57-37-51(65)30-32-55(57)56(54)34-46)41-17-13-38(14-18-41)39-15-19-43(20-16-39)61-67-60(42-7-2-1-3-8-42)68-62(69-61)44-23-28-50(64)29-24-44/h1-37H. The molecule has 326 valence electrons. The quantitative estimate of drug-likeness (QED) is 0.142. The Morgan fingerprint density at radius 1 is 0.203 bits per heavy atom. The van der Waals surface area contributed by atoms with Crippen molar-refractivity contribution >= 4 is 80.1 Å². The van der Waals surface area contributed by atoms with Crippen LogP contribution in [0.25, 0.3) is 122 Å². The van der Waals surface area contributed by atoms with Crippen molar-refractivity contribution in [2.75, 3.05) is 0 Å². The summed E-state index contributed by atoms with van der Waals surface area (Å²) in [6, 6.07) is 79.0. The van der Waals surface area contributed by atoms with Crippen molar-refractivity contribution in [1.29, 1.82) is 0 Å². The van der Waals surface area contributed by atoms with Gasteiger partial charge < -0.3 is 0 Å². The van der Waals surface area contributed by atoms with E-state index in [0.29, 0.717) is 17.5 Å². The minimum atomic E-state index is 0.620. The summed E-state index contributed by atoms with van der Waals surface area (Å²) in [4.78, 5) is 20.1. The molecule has 12 aromatic rings. The van der Waals surface area contributed by atoms with E-state index in [4.69, 9.17) is 19.9 Å². The van der Waals surface area contributed by atoms with Gasteiger partial charge in [-0.05, 0) is 126 Å². The van der Waals surface area contributed by atoms with E-state index in [1.54, 1.807) is 0 Å². The molecule has 0 aliphatic heterocycles. The van der Waals surface area contributed by atoms with Crippen LogP contribution >= 0.6 is 47.8 Å². The lowest BCUT2D eigenvalue weighted by Gasteiger charge is -2.14. The number of halogens is 3. The molecular formula is C62H37Br3N4. The summed E-state index contributed by atoms with van der Waals surface area (Å²) in [5.74, 6) is 1.88. The molecule has 10 aromatic carbocycles. The highest BCUT2D eigenvalue weighted by molar-refractivity contribution is 9.11. The predicted octanol–water partition coefficient (Wildman–Crippen LogP) is 18.3. The molecule has 7 heteroatoms. The van der Waals surface area contributed by atoms with Crippen LogP contribution in [-0.4, -0.2) is 19.9 Å². The third kappa shape index (κ3) is 8.59. The predicted molar refractivity (Wildman–Crippen MR) is 297 cm³/mol. The van der Waals surface area contributed by atoms with Gasteiger partial charge in [0.1, 0.15) is 0 Å². The van der Waals surface area contributed by atoms with Crippen molar-refractivity contribution in [3.63, 3.8) is 0 Å². The van der Waals surface area contributed by atoms with Crippen LogP contribution in [0, 0.1) is 0 Å². The van der Waals surface area contributed by atoms with E-state index >= 15 is 0 Å². The van der Waals surface area contributed by atoms with E-state index in [1.165, 1.54) is 32.3 Å². The molecule has 0 aliphatic carbocycles. The average molecular weight is 1080 g/mol. The van der Waals surface area contributed by atoms with Crippen LogP contribution in [0.4, 0.5) is 0 Å². The van der Waals surface area contributed by atoms with Crippen molar-refractivity contribution in [3.8, 4) is 90.1 Å². The van der Waals surface area contributed by atoms with E-state index < -0.39 is 0 Å². The van der Waals surface area contributed by atoms with Gasteiger partial charge in [-0.3, -0.25) is 0 Å². The van der Waals surface area contributed by atoms with E-state index in [9.17, 15) is 0 Å². The zero-order chi connectivity index (χ0) is 46.4. The van der Waals surface area contributed by atoms with Gasteiger partial charge >= 0.3 is 0 Å². The largest absolute Gasteiger partial charge is 0.248 e. The Bertz CT molecular complexity index is 3900. The number of hydrogen-bond donors (Lipinski definition) is 0. The van der Waals surface area contributed by atoms with Crippen molar-refractivity contribution < 1.29 is 0 Å². The van der Waals surface area contributed by atoms with Crippen LogP contribution in [0.3, 0.4) is 0 Å². The fraction of sp³-hybridized carbons (Fsp3) is 0. The molecule has 69 heavy (non-hydrogen) atoms. The molecule has 2 aromatic heterocycles. The van der Waals surface area contributed by atoms with Gasteiger partial charge in [0.25, 0.3) is 0 Å². The van der Waals surface area contributed by atoms with Crippen molar-refractivity contribution in [1.82, 2.24) is 19.9 Å². The highest BCUT2D eigenvalue weighted by atomic mass is 79.9. The van der Waals surface area contributed by atoms with Gasteiger partial charge in [0.15, 0.2) is 17.5 Å². The number of fused-ring (bicyclic) bond motifs is 6. The molecule has 0 saturated heterocycles. The summed E-state index contributed by atoms with van der Waals surface area (Å²) in [5, 5.41) is 7.49. The molecule has 12 rings (SSSR count). The molecular weight excluding hydrogens is 1040 g/mol. The fourth-order valence-electron chi connectivity index (χ4n) is 9.20. The van der Waals surface area contributed by atoms with E-state index in [-0.39, 0.29) is 0 Å². The lowest BCUT2D eigenvalue weighted by Crippen LogP contribution is -2.00. The number of rotatable bonds is 8. The summed E-state index contributed by atoms with van der Waals surface area (Å²) in [5.41, 5.74) is 13.4. The maximum Gasteiger partial charge on any atom is 0.164 e. The molecule has 0 bridgehead atoms. The second-order valence-corrected chi connectivity index (χ2v) is 19.8. The zero-order valence-electron chi connectivity index (χ0n) is 36.8. The maximum atomic E-state index is 5.36. The second-order valence-electron chi connectivity index (χ2n) is 17.0. The summed E-state index contributed by atoms with van der Waals surface area (Å²) >= 11 is 10.9. The Morgan fingerprint density at radius 2 is 0.580 bits per heavy atom. The highest BCUT2D eigenvalue weighted by Crippen LogP contribution is 2.40. The Hall–Kier alpha value is -7.42. The Labute approximate surface area is 424 Å². The molecule has 2 heterocycles. The SMILES string of the molecule is Brc1ccc(-c2cc(-c3ccc(-c4ccc(-c5nc(-c6ccccc6)nc(-c6ccc(Br)cc6)n5)cc4)cc3)nc(-c3cccc(-c4ccc5c6ccccc6c6cc(Br)ccc6c5c4)c3)c2)cc1. The van der Waals surface area contributed by atoms with E-state index in [0.717, 1.165) is 86.0 Å². The average Bonchev–Trinajstić information content (AvgIpc) is 3.41. The van der Waals surface area contributed by atoms with Crippen molar-refractivity contribution in [2.45, 2.75) is 0 Å². The molecule has 0 spiro atoms. The number of aromatic nitrogens is 4. The molecule has 0 atom stereocenters. The van der Waals surface area contributed by atoms with E-state index in [2.05, 4.69) is 218 Å². The number of hydrogen-bond acceptors (Lipinski definition) is 4. The first-order chi connectivity index (χ1) is 33.9. The maximum absolute atomic E-state index is 5.36. The molecule has 0 fully saturated rings. The summed E-state index contributed by atoms with van der Waals surface area (Å²) in [6.45, 7) is 0. The Balaban J connectivity index is 0.883. The smallest absolute Gasteiger partial charge is 0.164 e. The fourth-order valence-corrected chi connectivity index (χ4v) is 10.1. The molecule has 0 aliphatic rings. The summed E-state index contributed by atoms with van der Waals surface area (Å²) in [7, 11) is 0. The Kier molecular flexibility index (Phi) is 11.3. The zero-order valence-corrected chi connectivity index (χ0v) is 41.5. The van der Waals surface area contributed by atoms with Crippen LogP contribution in [0.15, 0.2) is 238 Å². The third-order valence-electron chi connectivity index (χ3n) is 12.7. The van der Waals surface area contributed by atoms with Crippen molar-refractivity contribution in [2.24, 2.45) is 0 Å². The van der Waals surface area contributed by atoms with Crippen LogP contribution in [0.1, 0.15) is 0 Å². The highest BCUT2D eigenvalue weighted by Gasteiger charge is 2.16. The van der Waals surface area contributed by atoms with Gasteiger partial charge in [0.05, 0.1) is 11.4 Å². The molecule has 0 radical (unpaired) electrons. The van der Waals surface area contributed by atoms with Gasteiger partial charge in [-0.25, -0.2) is 19.9 Å². The first kappa shape index (κ1) is 42.9. The number of nitrogens with zero attached hydrogens (tertiary/aromatic N) is 4. The monoisotopic (exact) mass is 1070 g/mol. The topological polar surface area (TPSA) is 51.6 Å². The third-order valence-corrected chi connectivity index (χ3v) is 14.3. The first-order valence-corrected chi connectivity index (χ1v) is 25.0. The normalized spacial score (nSPS) is 11.4. The minimum absolute atomic E-state index is 0.620. The van der Waals surface area contributed by atoms with E-state index in [1.807, 2.05) is 54.6 Å². The number of benzene rings is 10. The molecule has 0 N–H and O–H groups in total. The van der Waals surface area contributed by atoms with Crippen molar-refractivity contribution in [3.05, 3.63) is 238 Å². The van der Waals surface area contributed by atoms with Gasteiger partial charge in [-0.2, -0.15) is 0 Å². The molecule has 0 unspecified atom stereocenters. The molecule has 0 saturated carbocycles. The second kappa shape index (κ2) is 18.2. The molecule has 0 amide bonds. The van der Waals surface area contributed by atoms with Crippen LogP contribution in [0.2, 0.25) is 0 Å². The van der Waals surface area contributed by atoms with Gasteiger partial charge in [0, 0.05) is 41.2 Å². The van der Waals surface area contributed by atoms with Crippen LogP contribution in [-0.2, 0) is 0 Å². The number of pyridine rings is 1. The van der Waals surface area contributed by atoms with Gasteiger partial charge in [-0.1, -0.05) is 212 Å². The lowest BCUT2D eigenvalue weighted by molar-refractivity contribution is 1.07. The first-order valence-electron chi connectivity index (χ1n) is 22.6. The Morgan fingerprint density at radius 3 is 1.22 bits per heavy atom.